The van der Waals surface area contributed by atoms with Crippen molar-refractivity contribution in [3.05, 3.63) is 40.9 Å². The van der Waals surface area contributed by atoms with Gasteiger partial charge in [-0.25, -0.2) is 4.79 Å². The highest BCUT2D eigenvalue weighted by Crippen LogP contribution is 2.31. The Morgan fingerprint density at radius 1 is 1.27 bits per heavy atom. The predicted octanol–water partition coefficient (Wildman–Crippen LogP) is 2.77. The van der Waals surface area contributed by atoms with E-state index in [1.807, 2.05) is 6.07 Å². The molecule has 2 aromatic rings. The summed E-state index contributed by atoms with van der Waals surface area (Å²) >= 11 is 5.97. The van der Waals surface area contributed by atoms with Gasteiger partial charge in [-0.3, -0.25) is 0 Å². The zero-order valence-corrected chi connectivity index (χ0v) is 8.45. The van der Waals surface area contributed by atoms with Gasteiger partial charge in [-0.15, -0.1) is 0 Å². The molecule has 3 nitrogen and oxygen atoms in total. The van der Waals surface area contributed by atoms with E-state index >= 15 is 0 Å². The lowest BCUT2D eigenvalue weighted by atomic mass is 10.0. The summed E-state index contributed by atoms with van der Waals surface area (Å²) in [6, 6.07) is 8.50. The van der Waals surface area contributed by atoms with Gasteiger partial charge >= 0.3 is 5.97 Å². The summed E-state index contributed by atoms with van der Waals surface area (Å²) in [7, 11) is 0. The molecule has 4 heteroatoms. The van der Waals surface area contributed by atoms with Crippen molar-refractivity contribution in [2.75, 3.05) is 5.73 Å². The van der Waals surface area contributed by atoms with Crippen LogP contribution in [0.4, 0.5) is 5.69 Å². The second kappa shape index (κ2) is 3.44. The van der Waals surface area contributed by atoms with E-state index in [9.17, 15) is 4.79 Å². The minimum atomic E-state index is -1.05. The number of carboxylic acid groups (broad SMARTS) is 1. The number of carbonyl (C=O) groups is 1. The molecule has 0 unspecified atom stereocenters. The van der Waals surface area contributed by atoms with Gasteiger partial charge in [0.05, 0.1) is 16.3 Å². The lowest BCUT2D eigenvalue weighted by Crippen LogP contribution is -2.02. The van der Waals surface area contributed by atoms with Crippen LogP contribution in [0, 0.1) is 0 Å². The molecule has 0 aliphatic rings. The van der Waals surface area contributed by atoms with E-state index in [2.05, 4.69) is 0 Å². The van der Waals surface area contributed by atoms with E-state index in [4.69, 9.17) is 22.4 Å². The van der Waals surface area contributed by atoms with Crippen molar-refractivity contribution in [1.29, 1.82) is 0 Å². The summed E-state index contributed by atoms with van der Waals surface area (Å²) < 4.78 is 0. The quantitative estimate of drug-likeness (QED) is 0.728. The lowest BCUT2D eigenvalue weighted by Gasteiger charge is -2.06. The Kier molecular flexibility index (Phi) is 2.25. The molecule has 0 heterocycles. The van der Waals surface area contributed by atoms with Crippen LogP contribution in [-0.4, -0.2) is 11.1 Å². The molecule has 2 aromatic carbocycles. The van der Waals surface area contributed by atoms with Crippen molar-refractivity contribution in [3.8, 4) is 0 Å². The van der Waals surface area contributed by atoms with Gasteiger partial charge in [0.15, 0.2) is 0 Å². The smallest absolute Gasteiger partial charge is 0.337 e. The Morgan fingerprint density at radius 3 is 2.67 bits per heavy atom. The van der Waals surface area contributed by atoms with Gasteiger partial charge < -0.3 is 10.8 Å². The fourth-order valence-electron chi connectivity index (χ4n) is 1.55. The van der Waals surface area contributed by atoms with Crippen molar-refractivity contribution >= 4 is 34.0 Å². The molecule has 0 bridgehead atoms. The first-order valence-electron chi connectivity index (χ1n) is 4.31. The Labute approximate surface area is 91.1 Å². The standard InChI is InChI=1S/C11H8ClNO2/c12-8-3-1-2-6-4-5-7(11(14)15)10(13)9(6)8/h1-5H,13H2,(H,14,15). The highest BCUT2D eigenvalue weighted by molar-refractivity contribution is 6.37. The molecule has 3 N–H and O–H groups in total. The number of benzene rings is 2. The average Bonchev–Trinajstić information content (AvgIpc) is 2.17. The van der Waals surface area contributed by atoms with E-state index in [-0.39, 0.29) is 11.3 Å². The van der Waals surface area contributed by atoms with E-state index in [1.54, 1.807) is 18.2 Å². The number of hydrogen-bond acceptors (Lipinski definition) is 2. The Bertz CT molecular complexity index is 552. The van der Waals surface area contributed by atoms with Crippen LogP contribution < -0.4 is 5.73 Å². The second-order valence-electron chi connectivity index (χ2n) is 3.17. The monoisotopic (exact) mass is 221 g/mol. The van der Waals surface area contributed by atoms with Crippen LogP contribution in [0.2, 0.25) is 5.02 Å². The highest BCUT2D eigenvalue weighted by Gasteiger charge is 2.12. The summed E-state index contributed by atoms with van der Waals surface area (Å²) in [6.45, 7) is 0. The fraction of sp³-hybridized carbons (Fsp3) is 0. The third-order valence-corrected chi connectivity index (χ3v) is 2.58. The number of rotatable bonds is 1. The van der Waals surface area contributed by atoms with Crippen LogP contribution in [-0.2, 0) is 0 Å². The number of halogens is 1. The number of nitrogen functional groups attached to an aromatic ring is 1. The van der Waals surface area contributed by atoms with Crippen molar-refractivity contribution < 1.29 is 9.90 Å². The third kappa shape index (κ3) is 1.51. The second-order valence-corrected chi connectivity index (χ2v) is 3.58. The minimum absolute atomic E-state index is 0.0793. The van der Waals surface area contributed by atoms with E-state index in [1.165, 1.54) is 6.07 Å². The molecule has 76 valence electrons. The van der Waals surface area contributed by atoms with Crippen LogP contribution in [0.1, 0.15) is 10.4 Å². The van der Waals surface area contributed by atoms with Crippen LogP contribution in [0.15, 0.2) is 30.3 Å². The largest absolute Gasteiger partial charge is 0.478 e. The van der Waals surface area contributed by atoms with Gasteiger partial charge in [0, 0.05) is 5.39 Å². The third-order valence-electron chi connectivity index (χ3n) is 2.27. The number of carboxylic acids is 1. The molecule has 0 fully saturated rings. The first-order chi connectivity index (χ1) is 7.11. The molecule has 0 saturated heterocycles. The fourth-order valence-corrected chi connectivity index (χ4v) is 1.83. The molecule has 2 rings (SSSR count). The van der Waals surface area contributed by atoms with Crippen LogP contribution >= 0.6 is 11.6 Å². The molecule has 0 aliphatic carbocycles. The summed E-state index contributed by atoms with van der Waals surface area (Å²) in [5.74, 6) is -1.05. The molecule has 0 atom stereocenters. The van der Waals surface area contributed by atoms with E-state index in [0.29, 0.717) is 10.4 Å². The predicted molar refractivity (Wildman–Crippen MR) is 60.3 cm³/mol. The van der Waals surface area contributed by atoms with Crippen LogP contribution in [0.3, 0.4) is 0 Å². The number of nitrogens with two attached hydrogens (primary N) is 1. The van der Waals surface area contributed by atoms with E-state index in [0.717, 1.165) is 5.39 Å². The number of fused-ring (bicyclic) bond motifs is 1. The molecular weight excluding hydrogens is 214 g/mol. The normalized spacial score (nSPS) is 10.5. The van der Waals surface area contributed by atoms with Gasteiger partial charge in [-0.2, -0.15) is 0 Å². The van der Waals surface area contributed by atoms with Gasteiger partial charge in [0.25, 0.3) is 0 Å². The molecule has 0 radical (unpaired) electrons. The van der Waals surface area contributed by atoms with Crippen LogP contribution in [0.5, 0.6) is 0 Å². The maximum Gasteiger partial charge on any atom is 0.337 e. The summed E-state index contributed by atoms with van der Waals surface area (Å²) in [4.78, 5) is 10.9. The van der Waals surface area contributed by atoms with Crippen molar-refractivity contribution in [2.24, 2.45) is 0 Å². The topological polar surface area (TPSA) is 63.3 Å². The number of aromatic carboxylic acids is 1. The van der Waals surface area contributed by atoms with Crippen molar-refractivity contribution in [3.63, 3.8) is 0 Å². The average molecular weight is 222 g/mol. The van der Waals surface area contributed by atoms with Gasteiger partial charge in [-0.05, 0) is 17.5 Å². The van der Waals surface area contributed by atoms with Gasteiger partial charge in [-0.1, -0.05) is 29.8 Å². The molecule has 0 saturated carbocycles. The SMILES string of the molecule is Nc1c(C(=O)O)ccc2cccc(Cl)c12. The first-order valence-corrected chi connectivity index (χ1v) is 4.69. The summed E-state index contributed by atoms with van der Waals surface area (Å²) in [5.41, 5.74) is 6.05. The number of hydrogen-bond donors (Lipinski definition) is 2. The zero-order chi connectivity index (χ0) is 11.0. The zero-order valence-electron chi connectivity index (χ0n) is 7.70. The molecule has 0 aromatic heterocycles. The molecule has 0 amide bonds. The lowest BCUT2D eigenvalue weighted by molar-refractivity contribution is 0.0698. The molecule has 0 spiro atoms. The highest BCUT2D eigenvalue weighted by atomic mass is 35.5. The van der Waals surface area contributed by atoms with Gasteiger partial charge in [0.2, 0.25) is 0 Å². The Morgan fingerprint density at radius 2 is 2.00 bits per heavy atom. The van der Waals surface area contributed by atoms with Gasteiger partial charge in [0.1, 0.15) is 0 Å². The maximum absolute atomic E-state index is 10.9. The first kappa shape index (κ1) is 9.80. The van der Waals surface area contributed by atoms with Crippen molar-refractivity contribution in [2.45, 2.75) is 0 Å². The maximum atomic E-state index is 10.9. The Balaban J connectivity index is 2.89. The molecule has 0 aliphatic heterocycles. The summed E-state index contributed by atoms with van der Waals surface area (Å²) in [6.07, 6.45) is 0. The van der Waals surface area contributed by atoms with Crippen molar-refractivity contribution in [1.82, 2.24) is 0 Å². The van der Waals surface area contributed by atoms with E-state index < -0.39 is 5.97 Å². The summed E-state index contributed by atoms with van der Waals surface area (Å²) in [5, 5.41) is 10.8. The molecule has 15 heavy (non-hydrogen) atoms. The Hall–Kier alpha value is -1.74. The number of anilines is 1. The van der Waals surface area contributed by atoms with Crippen LogP contribution in [0.25, 0.3) is 10.8 Å². The minimum Gasteiger partial charge on any atom is -0.478 e. The molecular formula is C11H8ClNO2.